The summed E-state index contributed by atoms with van der Waals surface area (Å²) in [6, 6.07) is 1.87. The number of rotatable bonds is 3. The summed E-state index contributed by atoms with van der Waals surface area (Å²) >= 11 is 0. The molecule has 208 valence electrons. The van der Waals surface area contributed by atoms with Gasteiger partial charge in [-0.1, -0.05) is 34.6 Å². The molecule has 8 nitrogen and oxygen atoms in total. The van der Waals surface area contributed by atoms with E-state index in [4.69, 9.17) is 18.6 Å². The van der Waals surface area contributed by atoms with Crippen molar-refractivity contribution in [2.24, 2.45) is 33.5 Å². The lowest BCUT2D eigenvalue weighted by Gasteiger charge is -2.70. The van der Waals surface area contributed by atoms with Gasteiger partial charge in [-0.3, -0.25) is 14.4 Å². The summed E-state index contributed by atoms with van der Waals surface area (Å²) in [6.45, 7) is 13.4. The number of Topliss-reactive ketones (excluding diaryl/α,β-unsaturated/α-hetero) is 1. The lowest BCUT2D eigenvalue weighted by Crippen LogP contribution is -2.73. The molecular weight excluding hydrogens is 488 g/mol. The Bertz CT molecular complexity index is 1190. The molecule has 0 bridgehead atoms. The number of carbonyl (C=O) groups is 3. The van der Waals surface area contributed by atoms with E-state index >= 15 is 0 Å². The summed E-state index contributed by atoms with van der Waals surface area (Å²) in [4.78, 5) is 38.4. The molecule has 0 aromatic carbocycles. The van der Waals surface area contributed by atoms with Gasteiger partial charge < -0.3 is 23.7 Å². The molecule has 5 fully saturated rings. The first kappa shape index (κ1) is 26.1. The van der Waals surface area contributed by atoms with E-state index in [1.54, 1.807) is 12.5 Å². The van der Waals surface area contributed by atoms with Crippen molar-refractivity contribution < 1.29 is 38.1 Å². The molecule has 4 aliphatic carbocycles. The lowest BCUT2D eigenvalue weighted by molar-refractivity contribution is -0.287. The maximum atomic E-state index is 13.9. The number of furan rings is 1. The quantitative estimate of drug-likeness (QED) is 0.459. The van der Waals surface area contributed by atoms with Crippen molar-refractivity contribution in [3.8, 4) is 0 Å². The largest absolute Gasteiger partial charge is 0.472 e. The molecule has 1 N–H and O–H groups in total. The first-order valence-corrected chi connectivity index (χ1v) is 13.9. The summed E-state index contributed by atoms with van der Waals surface area (Å²) in [5.74, 6) is -1.22. The van der Waals surface area contributed by atoms with Crippen LogP contribution in [0, 0.1) is 33.5 Å². The van der Waals surface area contributed by atoms with E-state index in [1.807, 2.05) is 6.07 Å². The van der Waals surface area contributed by atoms with Gasteiger partial charge in [0.25, 0.3) is 0 Å². The Kier molecular flexibility index (Phi) is 5.29. The predicted molar refractivity (Wildman–Crippen MR) is 135 cm³/mol. The summed E-state index contributed by atoms with van der Waals surface area (Å²) in [5.41, 5.74) is -2.20. The number of aliphatic hydroxyl groups is 1. The molecule has 1 aromatic heterocycles. The van der Waals surface area contributed by atoms with Gasteiger partial charge in [0.2, 0.25) is 0 Å². The molecule has 1 saturated heterocycles. The molecule has 1 aliphatic heterocycles. The standard InChI is InChI=1S/C30H40O8/c1-15(31)36-21-13-20(33)28(6)18-8-10-27(5)23(17-9-11-35-14-17)24(34)25-30(27,38-25)29(18,7)22(37-16(2)32)12-19(28)26(21,3)4/h9,11,14,18-23,25,33H,8,10,12-13H2,1-7H3/t18-,19-,20+,21-,22-,23+,25+,27-,28-,29+,30+/m1/s1. The number of ether oxygens (including phenoxy) is 3. The van der Waals surface area contributed by atoms with Crippen LogP contribution in [0.15, 0.2) is 23.0 Å². The second-order valence-corrected chi connectivity index (χ2v) is 13.8. The zero-order chi connectivity index (χ0) is 27.6. The fourth-order valence-corrected chi connectivity index (χ4v) is 10.6. The van der Waals surface area contributed by atoms with E-state index < -0.39 is 51.7 Å². The highest BCUT2D eigenvalue weighted by atomic mass is 16.6. The van der Waals surface area contributed by atoms with Crippen LogP contribution in [0.4, 0.5) is 0 Å². The van der Waals surface area contributed by atoms with Crippen LogP contribution in [0.25, 0.3) is 0 Å². The number of hydrogen-bond donors (Lipinski definition) is 1. The van der Waals surface area contributed by atoms with Crippen LogP contribution in [0.1, 0.15) is 85.6 Å². The fraction of sp³-hybridized carbons (Fsp3) is 0.767. The van der Waals surface area contributed by atoms with Crippen molar-refractivity contribution in [3.05, 3.63) is 24.2 Å². The number of epoxide rings is 1. The number of ketones is 1. The molecule has 0 radical (unpaired) electrons. The minimum Gasteiger partial charge on any atom is -0.472 e. The first-order chi connectivity index (χ1) is 17.7. The van der Waals surface area contributed by atoms with Gasteiger partial charge >= 0.3 is 11.9 Å². The molecule has 1 spiro atoms. The van der Waals surface area contributed by atoms with E-state index in [9.17, 15) is 19.5 Å². The lowest BCUT2D eigenvalue weighted by atomic mass is 9.35. The molecule has 4 saturated carbocycles. The van der Waals surface area contributed by atoms with Crippen molar-refractivity contribution in [1.29, 1.82) is 0 Å². The minimum absolute atomic E-state index is 0.0593. The van der Waals surface area contributed by atoms with Crippen molar-refractivity contribution in [3.63, 3.8) is 0 Å². The van der Waals surface area contributed by atoms with Crippen molar-refractivity contribution >= 4 is 17.7 Å². The minimum atomic E-state index is -0.813. The van der Waals surface area contributed by atoms with E-state index in [-0.39, 0.29) is 35.5 Å². The van der Waals surface area contributed by atoms with Gasteiger partial charge in [-0.2, -0.15) is 0 Å². The number of aliphatic hydroxyl groups excluding tert-OH is 1. The van der Waals surface area contributed by atoms with Gasteiger partial charge in [0, 0.05) is 47.5 Å². The van der Waals surface area contributed by atoms with Crippen LogP contribution in [-0.4, -0.2) is 52.8 Å². The third-order valence-corrected chi connectivity index (χ3v) is 12.1. The molecular formula is C30H40O8. The van der Waals surface area contributed by atoms with Crippen molar-refractivity contribution in [2.75, 3.05) is 0 Å². The highest BCUT2D eigenvalue weighted by Crippen LogP contribution is 2.82. The van der Waals surface area contributed by atoms with Gasteiger partial charge in [-0.15, -0.1) is 0 Å². The zero-order valence-corrected chi connectivity index (χ0v) is 23.4. The van der Waals surface area contributed by atoms with Gasteiger partial charge in [-0.25, -0.2) is 0 Å². The van der Waals surface area contributed by atoms with Gasteiger partial charge in [0.05, 0.1) is 24.5 Å². The van der Waals surface area contributed by atoms with Crippen LogP contribution in [0.3, 0.4) is 0 Å². The molecule has 0 unspecified atom stereocenters. The molecule has 11 atom stereocenters. The zero-order valence-electron chi connectivity index (χ0n) is 23.4. The highest BCUT2D eigenvalue weighted by molar-refractivity contribution is 5.98. The summed E-state index contributed by atoms with van der Waals surface area (Å²) in [5, 5.41) is 11.8. The third-order valence-electron chi connectivity index (χ3n) is 12.1. The molecule has 5 aliphatic rings. The van der Waals surface area contributed by atoms with Gasteiger partial charge in [0.1, 0.15) is 23.9 Å². The highest BCUT2D eigenvalue weighted by Gasteiger charge is 2.90. The molecule has 1 aromatic rings. The topological polar surface area (TPSA) is 116 Å². The Hall–Kier alpha value is -2.19. The second-order valence-electron chi connectivity index (χ2n) is 13.8. The number of carbonyl (C=O) groups excluding carboxylic acids is 3. The molecule has 38 heavy (non-hydrogen) atoms. The number of fused-ring (bicyclic) bond motifs is 3. The summed E-state index contributed by atoms with van der Waals surface area (Å²) in [7, 11) is 0. The average molecular weight is 529 g/mol. The Morgan fingerprint density at radius 1 is 1.00 bits per heavy atom. The van der Waals surface area contributed by atoms with Crippen molar-refractivity contribution in [2.45, 2.75) is 110 Å². The predicted octanol–water partition coefficient (Wildman–Crippen LogP) is 4.19. The fourth-order valence-electron chi connectivity index (χ4n) is 10.6. The van der Waals surface area contributed by atoms with Crippen LogP contribution in [0.5, 0.6) is 0 Å². The van der Waals surface area contributed by atoms with E-state index in [2.05, 4.69) is 34.6 Å². The van der Waals surface area contributed by atoms with E-state index in [1.165, 1.54) is 13.8 Å². The molecule has 8 heteroatoms. The second kappa shape index (κ2) is 7.72. The monoisotopic (exact) mass is 528 g/mol. The number of hydrogen-bond acceptors (Lipinski definition) is 8. The molecule has 2 heterocycles. The van der Waals surface area contributed by atoms with E-state index in [0.29, 0.717) is 12.8 Å². The SMILES string of the molecule is CC(=O)O[C@@H]1C[C@H](O)[C@@]2(C)[C@H](C[C@@H](OC(C)=O)[C@]3(C)[C@@H]2CC[C@]2(C)[C@@H](c4ccoc4)C(=O)[C@@H]4O[C@]432)C1(C)C. The Morgan fingerprint density at radius 3 is 2.26 bits per heavy atom. The summed E-state index contributed by atoms with van der Waals surface area (Å²) in [6.07, 6.45) is 3.29. The Morgan fingerprint density at radius 2 is 1.66 bits per heavy atom. The third kappa shape index (κ3) is 2.81. The molecule has 6 rings (SSSR count). The van der Waals surface area contributed by atoms with Gasteiger partial charge in [0.15, 0.2) is 5.78 Å². The summed E-state index contributed by atoms with van der Waals surface area (Å²) < 4.78 is 23.8. The first-order valence-electron chi connectivity index (χ1n) is 13.9. The van der Waals surface area contributed by atoms with Crippen LogP contribution >= 0.6 is 0 Å². The maximum Gasteiger partial charge on any atom is 0.302 e. The maximum absolute atomic E-state index is 13.9. The number of esters is 2. The van der Waals surface area contributed by atoms with Crippen LogP contribution in [-0.2, 0) is 28.6 Å². The molecule has 0 amide bonds. The average Bonchev–Trinajstić information content (AvgIpc) is 3.30. The Labute approximate surface area is 223 Å². The van der Waals surface area contributed by atoms with Crippen LogP contribution in [0.2, 0.25) is 0 Å². The van der Waals surface area contributed by atoms with Crippen molar-refractivity contribution in [1.82, 2.24) is 0 Å². The Balaban J connectivity index is 1.50. The normalized spacial score (nSPS) is 50.2. The van der Waals surface area contributed by atoms with E-state index in [0.717, 1.165) is 18.4 Å². The van der Waals surface area contributed by atoms with Crippen LogP contribution < -0.4 is 0 Å². The van der Waals surface area contributed by atoms with Gasteiger partial charge in [-0.05, 0) is 37.2 Å². The smallest absolute Gasteiger partial charge is 0.302 e.